The van der Waals surface area contributed by atoms with Gasteiger partial charge >= 0.3 is 6.03 Å². The standard InChI is InChI=1S/C15H17N5O5S/c1-9-8-10(2)17-14(16-9)18-15(22)20-26(23,24)12-7-5-4-6-11(12)13(21)19-25-3/h4-8H,1-3H3,(H,19,21)(H2,16,17,18,20,22). The van der Waals surface area contributed by atoms with Crippen LogP contribution in [-0.2, 0) is 14.9 Å². The summed E-state index contributed by atoms with van der Waals surface area (Å²) < 4.78 is 26.7. The fourth-order valence-electron chi connectivity index (χ4n) is 2.12. The molecular weight excluding hydrogens is 362 g/mol. The average molecular weight is 379 g/mol. The Kier molecular flexibility index (Phi) is 5.85. The van der Waals surface area contributed by atoms with Gasteiger partial charge in [-0.1, -0.05) is 12.1 Å². The average Bonchev–Trinajstić information content (AvgIpc) is 2.53. The highest BCUT2D eigenvalue weighted by molar-refractivity contribution is 7.90. The van der Waals surface area contributed by atoms with E-state index in [1.165, 1.54) is 31.4 Å². The summed E-state index contributed by atoms with van der Waals surface area (Å²) in [5, 5.41) is 2.25. The second-order valence-electron chi connectivity index (χ2n) is 5.17. The largest absolute Gasteiger partial charge is 0.335 e. The fraction of sp³-hybridized carbons (Fsp3) is 0.200. The molecule has 1 aromatic heterocycles. The van der Waals surface area contributed by atoms with Crippen molar-refractivity contribution in [3.63, 3.8) is 0 Å². The predicted octanol–water partition coefficient (Wildman–Crippen LogP) is 0.895. The number of aromatic nitrogens is 2. The number of rotatable bonds is 5. The molecule has 0 fully saturated rings. The minimum absolute atomic E-state index is 0.0411. The highest BCUT2D eigenvalue weighted by atomic mass is 32.2. The first-order valence-corrected chi connectivity index (χ1v) is 8.79. The van der Waals surface area contributed by atoms with Crippen LogP contribution in [0.15, 0.2) is 35.2 Å². The van der Waals surface area contributed by atoms with Crippen LogP contribution in [-0.4, -0.2) is 37.4 Å². The molecule has 0 aliphatic carbocycles. The van der Waals surface area contributed by atoms with Gasteiger partial charge in [0.15, 0.2) is 0 Å². The van der Waals surface area contributed by atoms with Gasteiger partial charge in [-0.05, 0) is 32.0 Å². The molecule has 0 aliphatic heterocycles. The van der Waals surface area contributed by atoms with Crippen molar-refractivity contribution >= 4 is 27.9 Å². The van der Waals surface area contributed by atoms with Gasteiger partial charge in [-0.15, -0.1) is 0 Å². The third-order valence-electron chi connectivity index (χ3n) is 3.05. The van der Waals surface area contributed by atoms with Crippen LogP contribution in [0.25, 0.3) is 0 Å². The van der Waals surface area contributed by atoms with Crippen molar-refractivity contribution in [2.75, 3.05) is 12.4 Å². The normalized spacial score (nSPS) is 10.9. The summed E-state index contributed by atoms with van der Waals surface area (Å²) in [7, 11) is -3.11. The summed E-state index contributed by atoms with van der Waals surface area (Å²) in [5.74, 6) is -0.813. The first-order chi connectivity index (χ1) is 12.2. The lowest BCUT2D eigenvalue weighted by Gasteiger charge is -2.11. The highest BCUT2D eigenvalue weighted by Crippen LogP contribution is 2.15. The van der Waals surface area contributed by atoms with Gasteiger partial charge in [-0.2, -0.15) is 0 Å². The molecule has 2 aromatic rings. The number of carbonyl (C=O) groups excluding carboxylic acids is 2. The minimum Gasteiger partial charge on any atom is -0.277 e. The Hall–Kier alpha value is -3.05. The van der Waals surface area contributed by atoms with Crippen molar-refractivity contribution in [1.29, 1.82) is 0 Å². The van der Waals surface area contributed by atoms with Crippen LogP contribution >= 0.6 is 0 Å². The quantitative estimate of drug-likeness (QED) is 0.656. The Balaban J connectivity index is 2.23. The maximum Gasteiger partial charge on any atom is 0.335 e. The number of nitrogens with one attached hydrogen (secondary N) is 3. The van der Waals surface area contributed by atoms with Crippen molar-refractivity contribution in [2.24, 2.45) is 0 Å². The molecule has 0 saturated carbocycles. The maximum absolute atomic E-state index is 12.5. The number of anilines is 1. The van der Waals surface area contributed by atoms with Crippen LogP contribution in [0.5, 0.6) is 0 Å². The van der Waals surface area contributed by atoms with Crippen LogP contribution in [0.2, 0.25) is 0 Å². The monoisotopic (exact) mass is 379 g/mol. The fourth-order valence-corrected chi connectivity index (χ4v) is 3.24. The van der Waals surface area contributed by atoms with E-state index in [0.717, 1.165) is 0 Å². The molecule has 1 aromatic carbocycles. The van der Waals surface area contributed by atoms with Gasteiger partial charge in [-0.3, -0.25) is 14.9 Å². The minimum atomic E-state index is -4.33. The number of hydrogen-bond donors (Lipinski definition) is 3. The molecule has 0 aliphatic rings. The van der Waals surface area contributed by atoms with Gasteiger partial charge in [-0.25, -0.2) is 33.4 Å². The van der Waals surface area contributed by atoms with Crippen molar-refractivity contribution < 1.29 is 22.8 Å². The number of benzene rings is 1. The third kappa shape index (κ3) is 4.74. The molecule has 2 rings (SSSR count). The number of sulfonamides is 1. The number of hydrogen-bond acceptors (Lipinski definition) is 7. The van der Waals surface area contributed by atoms with E-state index >= 15 is 0 Å². The van der Waals surface area contributed by atoms with E-state index in [1.54, 1.807) is 19.9 Å². The van der Waals surface area contributed by atoms with Crippen molar-refractivity contribution in [1.82, 2.24) is 20.2 Å². The first-order valence-electron chi connectivity index (χ1n) is 7.31. The molecule has 3 amide bonds. The Morgan fingerprint density at radius 1 is 1.08 bits per heavy atom. The lowest BCUT2D eigenvalue weighted by molar-refractivity contribution is 0.0534. The molecule has 0 bridgehead atoms. The molecule has 3 N–H and O–H groups in total. The van der Waals surface area contributed by atoms with Crippen LogP contribution in [0.4, 0.5) is 10.7 Å². The summed E-state index contributed by atoms with van der Waals surface area (Å²) in [4.78, 5) is 36.0. The second kappa shape index (κ2) is 7.89. The second-order valence-corrected chi connectivity index (χ2v) is 6.82. The molecule has 138 valence electrons. The van der Waals surface area contributed by atoms with Crippen LogP contribution in [0, 0.1) is 13.8 Å². The summed E-state index contributed by atoms with van der Waals surface area (Å²) in [6, 6.07) is 6.01. The van der Waals surface area contributed by atoms with Gasteiger partial charge < -0.3 is 0 Å². The van der Waals surface area contributed by atoms with E-state index in [4.69, 9.17) is 0 Å². The van der Waals surface area contributed by atoms with Crippen molar-refractivity contribution in [3.8, 4) is 0 Å². The molecular formula is C15H17N5O5S. The predicted molar refractivity (Wildman–Crippen MR) is 91.8 cm³/mol. The third-order valence-corrected chi connectivity index (χ3v) is 4.44. The summed E-state index contributed by atoms with van der Waals surface area (Å²) in [6.45, 7) is 3.42. The van der Waals surface area contributed by atoms with Gasteiger partial charge in [0.1, 0.15) is 4.90 Å². The Morgan fingerprint density at radius 3 is 2.31 bits per heavy atom. The van der Waals surface area contributed by atoms with E-state index in [0.29, 0.717) is 11.4 Å². The Morgan fingerprint density at radius 2 is 1.69 bits per heavy atom. The molecule has 0 unspecified atom stereocenters. The molecule has 1 heterocycles. The molecule has 0 atom stereocenters. The smallest absolute Gasteiger partial charge is 0.277 e. The van der Waals surface area contributed by atoms with Gasteiger partial charge in [0.2, 0.25) is 5.95 Å². The highest BCUT2D eigenvalue weighted by Gasteiger charge is 2.24. The lowest BCUT2D eigenvalue weighted by atomic mass is 10.2. The molecule has 10 nitrogen and oxygen atoms in total. The summed E-state index contributed by atoms with van der Waals surface area (Å²) in [5.41, 5.74) is 3.06. The number of aryl methyl sites for hydroxylation is 2. The van der Waals surface area contributed by atoms with Gasteiger partial charge in [0, 0.05) is 11.4 Å². The van der Waals surface area contributed by atoms with Gasteiger partial charge in [0.05, 0.1) is 12.7 Å². The number of hydroxylamine groups is 1. The van der Waals surface area contributed by atoms with Crippen molar-refractivity contribution in [2.45, 2.75) is 18.7 Å². The first kappa shape index (κ1) is 19.3. The van der Waals surface area contributed by atoms with Crippen LogP contribution < -0.4 is 15.5 Å². The number of amides is 3. The SMILES string of the molecule is CONC(=O)c1ccccc1S(=O)(=O)NC(=O)Nc1nc(C)cc(C)n1. The number of carbonyl (C=O) groups is 2. The molecule has 0 radical (unpaired) electrons. The summed E-state index contributed by atoms with van der Waals surface area (Å²) >= 11 is 0. The Bertz CT molecular complexity index is 925. The van der Waals surface area contributed by atoms with Gasteiger partial charge in [0.25, 0.3) is 15.9 Å². The zero-order valence-electron chi connectivity index (χ0n) is 14.2. The Labute approximate surface area is 150 Å². The zero-order valence-corrected chi connectivity index (χ0v) is 15.0. The molecule has 26 heavy (non-hydrogen) atoms. The zero-order chi connectivity index (χ0) is 19.3. The lowest BCUT2D eigenvalue weighted by Crippen LogP contribution is -2.36. The van der Waals surface area contributed by atoms with E-state index in [1.807, 2.05) is 10.2 Å². The van der Waals surface area contributed by atoms with Crippen molar-refractivity contribution in [3.05, 3.63) is 47.3 Å². The van der Waals surface area contributed by atoms with E-state index in [-0.39, 0.29) is 16.4 Å². The molecule has 11 heteroatoms. The number of nitrogens with zero attached hydrogens (tertiary/aromatic N) is 2. The number of urea groups is 1. The van der Waals surface area contributed by atoms with Crippen LogP contribution in [0.1, 0.15) is 21.7 Å². The molecule has 0 saturated heterocycles. The van der Waals surface area contributed by atoms with E-state index in [2.05, 4.69) is 20.1 Å². The maximum atomic E-state index is 12.5. The van der Waals surface area contributed by atoms with E-state index in [9.17, 15) is 18.0 Å². The van der Waals surface area contributed by atoms with E-state index < -0.39 is 22.0 Å². The topological polar surface area (TPSA) is 139 Å². The summed E-state index contributed by atoms with van der Waals surface area (Å²) in [6.07, 6.45) is 0. The van der Waals surface area contributed by atoms with Crippen LogP contribution in [0.3, 0.4) is 0 Å². The molecule has 0 spiro atoms.